The fourth-order valence-electron chi connectivity index (χ4n) is 2.82. The molecule has 154 valence electrons. The van der Waals surface area contributed by atoms with Gasteiger partial charge in [0.1, 0.15) is 28.0 Å². The van der Waals surface area contributed by atoms with E-state index in [1.165, 1.54) is 12.1 Å². The maximum atomic E-state index is 13.8. The molecule has 4 rings (SSSR count). The smallest absolute Gasteiger partial charge is 0.266 e. The molecular formula is C20H14ClF2N3O3S. The van der Waals surface area contributed by atoms with Gasteiger partial charge in [-0.05, 0) is 42.5 Å². The van der Waals surface area contributed by atoms with Gasteiger partial charge in [0.25, 0.3) is 10.0 Å². The van der Waals surface area contributed by atoms with Crippen molar-refractivity contribution in [3.63, 3.8) is 0 Å². The van der Waals surface area contributed by atoms with Crippen LogP contribution in [-0.4, -0.2) is 14.4 Å². The number of benzene rings is 3. The van der Waals surface area contributed by atoms with E-state index < -0.39 is 21.7 Å². The summed E-state index contributed by atoms with van der Waals surface area (Å²) in [4.78, 5) is 3.99. The highest BCUT2D eigenvalue weighted by atomic mass is 35.5. The van der Waals surface area contributed by atoms with E-state index in [0.717, 1.165) is 18.2 Å². The van der Waals surface area contributed by atoms with Crippen LogP contribution in [0, 0.1) is 11.6 Å². The number of aliphatic imine (C=N–C) groups is 1. The first-order valence-electron chi connectivity index (χ1n) is 8.67. The van der Waals surface area contributed by atoms with Crippen molar-refractivity contribution in [2.45, 2.75) is 11.4 Å². The second kappa shape index (κ2) is 7.92. The Morgan fingerprint density at radius 2 is 1.77 bits per heavy atom. The molecule has 3 aromatic carbocycles. The van der Waals surface area contributed by atoms with Crippen LogP contribution in [0.2, 0.25) is 5.02 Å². The third kappa shape index (κ3) is 4.07. The van der Waals surface area contributed by atoms with Gasteiger partial charge in [0, 0.05) is 5.56 Å². The van der Waals surface area contributed by atoms with Crippen LogP contribution >= 0.6 is 11.6 Å². The van der Waals surface area contributed by atoms with Crippen LogP contribution in [0.4, 0.5) is 14.5 Å². The van der Waals surface area contributed by atoms with Gasteiger partial charge in [-0.2, -0.15) is 0 Å². The fraction of sp³-hybridized carbons (Fsp3) is 0.0500. The monoisotopic (exact) mass is 449 g/mol. The predicted octanol–water partition coefficient (Wildman–Crippen LogP) is 4.67. The van der Waals surface area contributed by atoms with Crippen LogP contribution in [0.3, 0.4) is 0 Å². The Kier molecular flexibility index (Phi) is 5.31. The van der Waals surface area contributed by atoms with Crippen LogP contribution in [0.15, 0.2) is 70.6 Å². The molecule has 3 aromatic rings. The minimum absolute atomic E-state index is 0.0186. The number of nitrogens with zero attached hydrogens (tertiary/aromatic N) is 1. The Morgan fingerprint density at radius 1 is 1.00 bits per heavy atom. The van der Waals surface area contributed by atoms with Crippen molar-refractivity contribution in [1.82, 2.24) is 4.72 Å². The first-order valence-corrected chi connectivity index (χ1v) is 10.5. The van der Waals surface area contributed by atoms with Crippen molar-refractivity contribution in [1.29, 1.82) is 0 Å². The van der Waals surface area contributed by atoms with Crippen molar-refractivity contribution in [3.8, 4) is 11.5 Å². The Morgan fingerprint density at radius 3 is 2.57 bits per heavy atom. The lowest BCUT2D eigenvalue weighted by Crippen LogP contribution is -2.40. The second-order valence-corrected chi connectivity index (χ2v) is 8.35. The fourth-order valence-corrected chi connectivity index (χ4v) is 4.15. The summed E-state index contributed by atoms with van der Waals surface area (Å²) >= 11 is 6.12. The lowest BCUT2D eigenvalue weighted by Gasteiger charge is -2.23. The normalized spacial score (nSPS) is 15.8. The van der Waals surface area contributed by atoms with Crippen LogP contribution in [0.1, 0.15) is 5.56 Å². The van der Waals surface area contributed by atoms with Gasteiger partial charge in [0.2, 0.25) is 5.96 Å². The van der Waals surface area contributed by atoms with E-state index in [1.54, 1.807) is 30.3 Å². The summed E-state index contributed by atoms with van der Waals surface area (Å²) in [7, 11) is -3.96. The number of ether oxygens (including phenoxy) is 1. The average molecular weight is 450 g/mol. The van der Waals surface area contributed by atoms with Crippen LogP contribution in [-0.2, 0) is 16.6 Å². The lowest BCUT2D eigenvalue weighted by molar-refractivity contribution is 0.483. The minimum Gasteiger partial charge on any atom is -0.454 e. The Bertz CT molecular complexity index is 1270. The Hall–Kier alpha value is -3.17. The number of sulfonamides is 1. The van der Waals surface area contributed by atoms with Crippen LogP contribution in [0.5, 0.6) is 11.5 Å². The molecule has 30 heavy (non-hydrogen) atoms. The number of para-hydroxylation sites is 2. The van der Waals surface area contributed by atoms with Crippen LogP contribution < -0.4 is 14.8 Å². The number of fused-ring (bicyclic) bond motifs is 1. The number of nitrogens with one attached hydrogen (secondary N) is 2. The van der Waals surface area contributed by atoms with Gasteiger partial charge >= 0.3 is 0 Å². The summed E-state index contributed by atoms with van der Waals surface area (Å²) in [5, 5.41) is 3.19. The quantitative estimate of drug-likeness (QED) is 0.606. The molecule has 0 fully saturated rings. The zero-order chi connectivity index (χ0) is 21.3. The summed E-state index contributed by atoms with van der Waals surface area (Å²) in [6.45, 7) is -0.280. The molecule has 0 spiro atoms. The van der Waals surface area contributed by atoms with E-state index in [-0.39, 0.29) is 34.4 Å². The molecule has 0 aliphatic carbocycles. The first kappa shape index (κ1) is 20.1. The highest BCUT2D eigenvalue weighted by molar-refractivity contribution is 7.90. The van der Waals surface area contributed by atoms with Gasteiger partial charge in [-0.1, -0.05) is 29.8 Å². The van der Waals surface area contributed by atoms with Crippen molar-refractivity contribution in [2.24, 2.45) is 4.99 Å². The van der Waals surface area contributed by atoms with Gasteiger partial charge < -0.3 is 10.1 Å². The molecule has 10 heteroatoms. The average Bonchev–Trinajstić information content (AvgIpc) is 2.70. The highest BCUT2D eigenvalue weighted by Gasteiger charge is 2.29. The molecule has 0 saturated heterocycles. The molecule has 0 amide bonds. The number of anilines is 1. The largest absolute Gasteiger partial charge is 0.454 e. The van der Waals surface area contributed by atoms with Crippen molar-refractivity contribution < 1.29 is 21.9 Å². The molecule has 0 radical (unpaired) electrons. The summed E-state index contributed by atoms with van der Waals surface area (Å²) in [5.41, 5.74) is 0.129. The molecule has 1 aliphatic heterocycles. The first-order chi connectivity index (χ1) is 14.3. The maximum absolute atomic E-state index is 13.8. The number of hydrogen-bond acceptors (Lipinski definition) is 4. The molecule has 1 heterocycles. The lowest BCUT2D eigenvalue weighted by atomic mass is 10.2. The van der Waals surface area contributed by atoms with E-state index in [0.29, 0.717) is 10.8 Å². The standard InChI is InChI=1S/C20H14ClF2N3O3S/c21-14-4-1-2-5-16(14)29-17-6-3-7-18-19(17)25-20(26-30(18,27)28)24-11-12-10-13(22)8-9-15(12)23/h1-10H,11H2,(H2,24,25,26). The molecule has 0 bridgehead atoms. The molecule has 2 N–H and O–H groups in total. The number of guanidine groups is 1. The molecule has 1 aliphatic rings. The molecule has 6 nitrogen and oxygen atoms in total. The van der Waals surface area contributed by atoms with Gasteiger partial charge in [-0.15, -0.1) is 0 Å². The van der Waals surface area contributed by atoms with Gasteiger partial charge in [0.05, 0.1) is 11.6 Å². The molecule has 0 atom stereocenters. The zero-order valence-corrected chi connectivity index (χ0v) is 16.8. The van der Waals surface area contributed by atoms with Gasteiger partial charge in [-0.25, -0.2) is 26.9 Å². The van der Waals surface area contributed by atoms with E-state index >= 15 is 0 Å². The zero-order valence-electron chi connectivity index (χ0n) is 15.2. The van der Waals surface area contributed by atoms with Gasteiger partial charge in [-0.3, -0.25) is 0 Å². The van der Waals surface area contributed by atoms with E-state index in [1.807, 2.05) is 0 Å². The third-order valence-corrected chi connectivity index (χ3v) is 5.92. The number of rotatable bonds is 4. The summed E-state index contributed by atoms with van der Waals surface area (Å²) in [5.74, 6) is -0.880. The number of halogens is 3. The highest BCUT2D eigenvalue weighted by Crippen LogP contribution is 2.38. The number of hydrogen-bond donors (Lipinski definition) is 2. The predicted molar refractivity (Wildman–Crippen MR) is 109 cm³/mol. The van der Waals surface area contributed by atoms with Crippen molar-refractivity contribution in [3.05, 3.63) is 82.9 Å². The summed E-state index contributed by atoms with van der Waals surface area (Å²) in [6.07, 6.45) is 0. The van der Waals surface area contributed by atoms with E-state index in [4.69, 9.17) is 16.3 Å². The van der Waals surface area contributed by atoms with E-state index in [2.05, 4.69) is 15.0 Å². The summed E-state index contributed by atoms with van der Waals surface area (Å²) < 4.78 is 60.5. The summed E-state index contributed by atoms with van der Waals surface area (Å²) in [6, 6.07) is 14.2. The van der Waals surface area contributed by atoms with Crippen molar-refractivity contribution in [2.75, 3.05) is 5.32 Å². The Balaban J connectivity index is 1.69. The molecule has 0 unspecified atom stereocenters. The topological polar surface area (TPSA) is 79.8 Å². The van der Waals surface area contributed by atoms with Gasteiger partial charge in [0.15, 0.2) is 5.75 Å². The van der Waals surface area contributed by atoms with Crippen molar-refractivity contribution >= 4 is 33.3 Å². The van der Waals surface area contributed by atoms with Crippen LogP contribution in [0.25, 0.3) is 0 Å². The molecular weight excluding hydrogens is 436 g/mol. The molecule has 0 aromatic heterocycles. The second-order valence-electron chi connectivity index (χ2n) is 6.29. The minimum atomic E-state index is -3.96. The molecule has 0 saturated carbocycles. The Labute approximate surface area is 176 Å². The maximum Gasteiger partial charge on any atom is 0.266 e. The SMILES string of the molecule is O=S1(=O)NC(=NCc2cc(F)ccc2F)Nc2c(Oc3ccccc3Cl)cccc21. The van der Waals surface area contributed by atoms with E-state index in [9.17, 15) is 17.2 Å². The third-order valence-electron chi connectivity index (χ3n) is 4.22.